The van der Waals surface area contributed by atoms with Crippen LogP contribution in [0, 0.1) is 0 Å². The lowest BCUT2D eigenvalue weighted by atomic mass is 10.2. The predicted molar refractivity (Wildman–Crippen MR) is 62.2 cm³/mol. The Hall–Kier alpha value is -1.62. The largest absolute Gasteiger partial charge is 0.393 e. The molecule has 1 amide bonds. The molecule has 0 aromatic carbocycles. The van der Waals surface area contributed by atoms with Crippen LogP contribution in [0.2, 0.25) is 0 Å². The Balaban J connectivity index is 2.42. The molecule has 1 aromatic heterocycles. The van der Waals surface area contributed by atoms with Gasteiger partial charge in [0.15, 0.2) is 0 Å². The highest BCUT2D eigenvalue weighted by molar-refractivity contribution is 5.91. The summed E-state index contributed by atoms with van der Waals surface area (Å²) in [5.74, 6) is -0.535. The van der Waals surface area contributed by atoms with Crippen molar-refractivity contribution in [3.8, 4) is 0 Å². The van der Waals surface area contributed by atoms with E-state index in [9.17, 15) is 4.79 Å². The Morgan fingerprint density at radius 3 is 3.06 bits per heavy atom. The van der Waals surface area contributed by atoms with Gasteiger partial charge in [-0.25, -0.2) is 0 Å². The minimum absolute atomic E-state index is 0.250. The normalized spacial score (nSPS) is 12.1. The molecule has 16 heavy (non-hydrogen) atoms. The number of pyridine rings is 1. The number of hydrogen-bond donors (Lipinski definition) is 3. The second-order valence-corrected chi connectivity index (χ2v) is 3.71. The van der Waals surface area contributed by atoms with Crippen molar-refractivity contribution in [1.82, 2.24) is 4.98 Å². The first-order valence-electron chi connectivity index (χ1n) is 5.27. The first-order chi connectivity index (χ1) is 7.59. The van der Waals surface area contributed by atoms with E-state index >= 15 is 0 Å². The fourth-order valence-electron chi connectivity index (χ4n) is 1.31. The number of aliphatic hydroxyl groups excluding tert-OH is 1. The average molecular weight is 223 g/mol. The third kappa shape index (κ3) is 4.27. The van der Waals surface area contributed by atoms with Crippen LogP contribution < -0.4 is 11.1 Å². The summed E-state index contributed by atoms with van der Waals surface area (Å²) in [6.45, 7) is 2.50. The smallest absolute Gasteiger partial charge is 0.267 e. The Morgan fingerprint density at radius 1 is 1.69 bits per heavy atom. The Morgan fingerprint density at radius 2 is 2.44 bits per heavy atom. The van der Waals surface area contributed by atoms with Gasteiger partial charge in [0.1, 0.15) is 5.69 Å². The number of primary amides is 1. The van der Waals surface area contributed by atoms with Gasteiger partial charge in [0.25, 0.3) is 5.91 Å². The number of amides is 1. The number of aliphatic hydroxyl groups is 1. The van der Waals surface area contributed by atoms with E-state index < -0.39 is 5.91 Å². The molecule has 1 unspecified atom stereocenters. The molecule has 0 radical (unpaired) electrons. The molecule has 0 aliphatic carbocycles. The van der Waals surface area contributed by atoms with Crippen LogP contribution in [-0.4, -0.2) is 28.6 Å². The first kappa shape index (κ1) is 12.4. The maximum atomic E-state index is 10.9. The van der Waals surface area contributed by atoms with Gasteiger partial charge in [-0.2, -0.15) is 0 Å². The molecule has 88 valence electrons. The molecule has 1 aromatic rings. The molecular weight excluding hydrogens is 206 g/mol. The van der Waals surface area contributed by atoms with Crippen LogP contribution in [0.15, 0.2) is 18.3 Å². The summed E-state index contributed by atoms with van der Waals surface area (Å²) in [6.07, 6.45) is 2.88. The number of anilines is 1. The molecule has 1 rings (SSSR count). The van der Waals surface area contributed by atoms with Crippen molar-refractivity contribution in [1.29, 1.82) is 0 Å². The number of nitrogens with one attached hydrogen (secondary N) is 1. The topological polar surface area (TPSA) is 88.2 Å². The zero-order chi connectivity index (χ0) is 12.0. The highest BCUT2D eigenvalue weighted by atomic mass is 16.3. The fraction of sp³-hybridized carbons (Fsp3) is 0.455. The van der Waals surface area contributed by atoms with Crippen molar-refractivity contribution in [3.05, 3.63) is 24.0 Å². The minimum Gasteiger partial charge on any atom is -0.393 e. The van der Waals surface area contributed by atoms with Gasteiger partial charge in [0.2, 0.25) is 0 Å². The van der Waals surface area contributed by atoms with Crippen molar-refractivity contribution in [2.45, 2.75) is 25.9 Å². The summed E-state index contributed by atoms with van der Waals surface area (Å²) in [4.78, 5) is 14.7. The number of rotatable bonds is 6. The summed E-state index contributed by atoms with van der Waals surface area (Å²) < 4.78 is 0. The second kappa shape index (κ2) is 6.07. The lowest BCUT2D eigenvalue weighted by Crippen LogP contribution is -2.13. The van der Waals surface area contributed by atoms with Gasteiger partial charge in [-0.1, -0.05) is 0 Å². The maximum Gasteiger partial charge on any atom is 0.267 e. The van der Waals surface area contributed by atoms with Crippen LogP contribution in [0.4, 0.5) is 5.69 Å². The van der Waals surface area contributed by atoms with E-state index in [-0.39, 0.29) is 11.8 Å². The van der Waals surface area contributed by atoms with Crippen molar-refractivity contribution in [2.75, 3.05) is 11.9 Å². The van der Waals surface area contributed by atoms with E-state index in [0.717, 1.165) is 25.1 Å². The first-order valence-corrected chi connectivity index (χ1v) is 5.27. The number of nitrogens with two attached hydrogens (primary N) is 1. The number of hydrogen-bond acceptors (Lipinski definition) is 4. The van der Waals surface area contributed by atoms with E-state index in [1.54, 1.807) is 19.1 Å². The summed E-state index contributed by atoms with van der Waals surface area (Å²) in [7, 11) is 0. The summed E-state index contributed by atoms with van der Waals surface area (Å²) in [6, 6.07) is 3.39. The van der Waals surface area contributed by atoms with Gasteiger partial charge >= 0.3 is 0 Å². The van der Waals surface area contributed by atoms with Crippen molar-refractivity contribution >= 4 is 11.6 Å². The molecule has 1 atom stereocenters. The predicted octanol–water partition coefficient (Wildman–Crippen LogP) is 0.753. The number of carbonyl (C=O) groups is 1. The van der Waals surface area contributed by atoms with Gasteiger partial charge in [0, 0.05) is 18.4 Å². The lowest BCUT2D eigenvalue weighted by Gasteiger charge is -2.07. The second-order valence-electron chi connectivity index (χ2n) is 3.71. The molecule has 5 heteroatoms. The zero-order valence-corrected chi connectivity index (χ0v) is 9.31. The van der Waals surface area contributed by atoms with Crippen molar-refractivity contribution in [2.24, 2.45) is 5.73 Å². The molecule has 0 aliphatic heterocycles. The number of aromatic nitrogens is 1. The highest BCUT2D eigenvalue weighted by Gasteiger charge is 2.02. The third-order valence-electron chi connectivity index (χ3n) is 2.14. The average Bonchev–Trinajstić information content (AvgIpc) is 2.24. The molecule has 0 saturated heterocycles. The standard InChI is InChI=1S/C11H17N3O2/c1-8(15)3-2-5-13-9-4-6-14-10(7-9)11(12)16/h4,6-8,15H,2-3,5H2,1H3,(H2,12,16)(H,13,14). The van der Waals surface area contributed by atoms with E-state index in [4.69, 9.17) is 10.8 Å². The van der Waals surface area contributed by atoms with E-state index in [0.29, 0.717) is 0 Å². The van der Waals surface area contributed by atoms with Gasteiger partial charge in [-0.3, -0.25) is 9.78 Å². The molecule has 0 bridgehead atoms. The van der Waals surface area contributed by atoms with Crippen LogP contribution in [0.5, 0.6) is 0 Å². The molecular formula is C11H17N3O2. The summed E-state index contributed by atoms with van der Waals surface area (Å²) in [5, 5.41) is 12.2. The number of nitrogens with zero attached hydrogens (tertiary/aromatic N) is 1. The van der Waals surface area contributed by atoms with Crippen LogP contribution in [-0.2, 0) is 0 Å². The van der Waals surface area contributed by atoms with Gasteiger partial charge in [-0.05, 0) is 31.9 Å². The van der Waals surface area contributed by atoms with Crippen molar-refractivity contribution in [3.63, 3.8) is 0 Å². The minimum atomic E-state index is -0.535. The summed E-state index contributed by atoms with van der Waals surface area (Å²) >= 11 is 0. The molecule has 0 fully saturated rings. The molecule has 4 N–H and O–H groups in total. The number of carbonyl (C=O) groups excluding carboxylic acids is 1. The molecule has 0 spiro atoms. The van der Waals surface area contributed by atoms with Crippen LogP contribution in [0.3, 0.4) is 0 Å². The summed E-state index contributed by atoms with van der Waals surface area (Å²) in [5.41, 5.74) is 6.18. The molecule has 0 aliphatic rings. The Bertz CT molecular complexity index is 353. The lowest BCUT2D eigenvalue weighted by molar-refractivity contribution is 0.0995. The Kier molecular flexibility index (Phi) is 4.72. The molecule has 0 saturated carbocycles. The SMILES string of the molecule is CC(O)CCCNc1ccnc(C(N)=O)c1. The van der Waals surface area contributed by atoms with Crippen LogP contribution >= 0.6 is 0 Å². The molecule has 5 nitrogen and oxygen atoms in total. The quantitative estimate of drug-likeness (QED) is 0.621. The highest BCUT2D eigenvalue weighted by Crippen LogP contribution is 2.08. The van der Waals surface area contributed by atoms with Gasteiger partial charge in [0.05, 0.1) is 6.10 Å². The van der Waals surface area contributed by atoms with Crippen LogP contribution in [0.1, 0.15) is 30.3 Å². The fourth-order valence-corrected chi connectivity index (χ4v) is 1.31. The van der Waals surface area contributed by atoms with Crippen LogP contribution in [0.25, 0.3) is 0 Å². The van der Waals surface area contributed by atoms with Gasteiger partial charge < -0.3 is 16.2 Å². The monoisotopic (exact) mass is 223 g/mol. The van der Waals surface area contributed by atoms with E-state index in [2.05, 4.69) is 10.3 Å². The van der Waals surface area contributed by atoms with E-state index in [1.807, 2.05) is 0 Å². The van der Waals surface area contributed by atoms with E-state index in [1.165, 1.54) is 6.20 Å². The zero-order valence-electron chi connectivity index (χ0n) is 9.31. The maximum absolute atomic E-state index is 10.9. The van der Waals surface area contributed by atoms with Gasteiger partial charge in [-0.15, -0.1) is 0 Å². The molecule has 1 heterocycles. The van der Waals surface area contributed by atoms with Crippen molar-refractivity contribution < 1.29 is 9.90 Å². The Labute approximate surface area is 94.7 Å². The third-order valence-corrected chi connectivity index (χ3v) is 2.14.